The maximum Gasteiger partial charge on any atom is 0.322 e. The number of aromatic nitrogens is 2. The Morgan fingerprint density at radius 1 is 1.15 bits per heavy atom. The molecule has 0 aliphatic carbocycles. The van der Waals surface area contributed by atoms with Gasteiger partial charge in [-0.15, -0.1) is 5.10 Å². The van der Waals surface area contributed by atoms with Gasteiger partial charge in [0.15, 0.2) is 0 Å². The van der Waals surface area contributed by atoms with Crippen LogP contribution in [0.25, 0.3) is 11.5 Å². The van der Waals surface area contributed by atoms with Gasteiger partial charge >= 0.3 is 6.01 Å². The first-order valence-corrected chi connectivity index (χ1v) is 11.8. The molecule has 0 unspecified atom stereocenters. The molecule has 1 saturated heterocycles. The minimum absolute atomic E-state index is 0.0678. The molecule has 0 spiro atoms. The van der Waals surface area contributed by atoms with Crippen molar-refractivity contribution in [1.29, 1.82) is 0 Å². The minimum atomic E-state index is -3.88. The van der Waals surface area contributed by atoms with Gasteiger partial charge in [-0.3, -0.25) is 10.1 Å². The molecule has 10 nitrogen and oxygen atoms in total. The highest BCUT2D eigenvalue weighted by atomic mass is 35.5. The van der Waals surface area contributed by atoms with Gasteiger partial charge in [0.05, 0.1) is 24.7 Å². The zero-order valence-electron chi connectivity index (χ0n) is 17.8. The van der Waals surface area contributed by atoms with Crippen LogP contribution in [0.2, 0.25) is 5.02 Å². The van der Waals surface area contributed by atoms with Crippen LogP contribution in [0.4, 0.5) is 6.01 Å². The van der Waals surface area contributed by atoms with E-state index in [1.165, 1.54) is 42.8 Å². The Bertz CT molecular complexity index is 1260. The quantitative estimate of drug-likeness (QED) is 0.533. The number of anilines is 1. The highest BCUT2D eigenvalue weighted by molar-refractivity contribution is 7.89. The SMILES string of the molecule is COc1ccc(-c2nnc(NC(=O)[C@H]3CCCN3S(=O)(=O)c3ccc(Cl)cc3)o2)c(OC)c1. The summed E-state index contributed by atoms with van der Waals surface area (Å²) in [5.41, 5.74) is 0.513. The number of nitrogens with zero attached hydrogens (tertiary/aromatic N) is 3. The Morgan fingerprint density at radius 2 is 1.91 bits per heavy atom. The minimum Gasteiger partial charge on any atom is -0.497 e. The highest BCUT2D eigenvalue weighted by Gasteiger charge is 2.40. The van der Waals surface area contributed by atoms with Gasteiger partial charge in [-0.2, -0.15) is 4.31 Å². The summed E-state index contributed by atoms with van der Waals surface area (Å²) >= 11 is 5.86. The molecule has 12 heteroatoms. The molecule has 1 aromatic heterocycles. The molecule has 1 aliphatic heterocycles. The molecule has 1 fully saturated rings. The summed E-state index contributed by atoms with van der Waals surface area (Å²) in [5.74, 6) is 0.613. The molecule has 0 bridgehead atoms. The van der Waals surface area contributed by atoms with Gasteiger partial charge in [-0.1, -0.05) is 16.7 Å². The van der Waals surface area contributed by atoms with Crippen LogP contribution in [0, 0.1) is 0 Å². The Morgan fingerprint density at radius 3 is 2.61 bits per heavy atom. The molecular formula is C21H21ClN4O6S. The Labute approximate surface area is 195 Å². The molecule has 2 heterocycles. The topological polar surface area (TPSA) is 124 Å². The van der Waals surface area contributed by atoms with Crippen LogP contribution < -0.4 is 14.8 Å². The molecule has 4 rings (SSSR count). The number of carbonyl (C=O) groups excluding carboxylic acids is 1. The third-order valence-corrected chi connectivity index (χ3v) is 7.40. The molecule has 0 saturated carbocycles. The smallest absolute Gasteiger partial charge is 0.322 e. The van der Waals surface area contributed by atoms with Crippen LogP contribution in [0.15, 0.2) is 51.8 Å². The summed E-state index contributed by atoms with van der Waals surface area (Å²) in [4.78, 5) is 13.0. The van der Waals surface area contributed by atoms with Crippen LogP contribution in [-0.4, -0.2) is 55.6 Å². The fraction of sp³-hybridized carbons (Fsp3) is 0.286. The predicted molar refractivity (Wildman–Crippen MR) is 120 cm³/mol. The van der Waals surface area contributed by atoms with Gasteiger partial charge in [-0.05, 0) is 49.2 Å². The summed E-state index contributed by atoms with van der Waals surface area (Å²) < 4.78 is 43.4. The molecule has 2 aromatic carbocycles. The van der Waals surface area contributed by atoms with Crippen molar-refractivity contribution in [2.75, 3.05) is 26.1 Å². The number of sulfonamides is 1. The van der Waals surface area contributed by atoms with Crippen molar-refractivity contribution in [3.63, 3.8) is 0 Å². The third kappa shape index (κ3) is 4.65. The molecule has 1 amide bonds. The summed E-state index contributed by atoms with van der Waals surface area (Å²) in [6.07, 6.45) is 0.912. The molecule has 1 aliphatic rings. The van der Waals surface area contributed by atoms with E-state index in [-0.39, 0.29) is 23.3 Å². The van der Waals surface area contributed by atoms with Gasteiger partial charge in [-0.25, -0.2) is 8.42 Å². The van der Waals surface area contributed by atoms with Crippen molar-refractivity contribution in [3.8, 4) is 23.0 Å². The fourth-order valence-corrected chi connectivity index (χ4v) is 5.36. The van der Waals surface area contributed by atoms with Gasteiger partial charge in [0.1, 0.15) is 17.5 Å². The van der Waals surface area contributed by atoms with Gasteiger partial charge < -0.3 is 13.9 Å². The standard InChI is InChI=1S/C21H21ClN4O6S/c1-30-14-7-10-16(18(12-14)31-2)20-24-25-21(32-20)23-19(27)17-4-3-11-26(17)33(28,29)15-8-5-13(22)6-9-15/h5-10,12,17H,3-4,11H2,1-2H3,(H,23,25,27)/t17-/m1/s1. The average molecular weight is 493 g/mol. The zero-order chi connectivity index (χ0) is 23.6. The van der Waals surface area contributed by atoms with Crippen molar-refractivity contribution < 1.29 is 27.1 Å². The Hall–Kier alpha value is -3.15. The second kappa shape index (κ2) is 9.38. The number of rotatable bonds is 7. The Balaban J connectivity index is 1.52. The van der Waals surface area contributed by atoms with Crippen LogP contribution in [0.5, 0.6) is 11.5 Å². The Kier molecular flexibility index (Phi) is 6.54. The average Bonchev–Trinajstić information content (AvgIpc) is 3.49. The third-order valence-electron chi connectivity index (χ3n) is 5.22. The largest absolute Gasteiger partial charge is 0.497 e. The number of hydrogen-bond donors (Lipinski definition) is 1. The fourth-order valence-electron chi connectivity index (χ4n) is 3.58. The number of amides is 1. The van der Waals surface area contributed by atoms with E-state index < -0.39 is 22.0 Å². The molecule has 33 heavy (non-hydrogen) atoms. The van der Waals surface area contributed by atoms with Gasteiger partial charge in [0.25, 0.3) is 5.89 Å². The van der Waals surface area contributed by atoms with Crippen molar-refractivity contribution in [1.82, 2.24) is 14.5 Å². The lowest BCUT2D eigenvalue weighted by molar-refractivity contribution is -0.119. The second-order valence-electron chi connectivity index (χ2n) is 7.20. The summed E-state index contributed by atoms with van der Waals surface area (Å²) in [5, 5.41) is 10.8. The predicted octanol–water partition coefficient (Wildman–Crippen LogP) is 3.20. The molecule has 1 N–H and O–H groups in total. The summed E-state index contributed by atoms with van der Waals surface area (Å²) in [6, 6.07) is 9.82. The highest BCUT2D eigenvalue weighted by Crippen LogP contribution is 2.33. The van der Waals surface area contributed by atoms with E-state index in [0.29, 0.717) is 34.9 Å². The van der Waals surface area contributed by atoms with Crippen LogP contribution in [0.1, 0.15) is 12.8 Å². The van der Waals surface area contributed by atoms with Crippen molar-refractivity contribution >= 4 is 33.5 Å². The summed E-state index contributed by atoms with van der Waals surface area (Å²) in [6.45, 7) is 0.223. The zero-order valence-corrected chi connectivity index (χ0v) is 19.4. The lowest BCUT2D eigenvalue weighted by Crippen LogP contribution is -2.43. The maximum atomic E-state index is 13.1. The van der Waals surface area contributed by atoms with Crippen LogP contribution in [0.3, 0.4) is 0 Å². The second-order valence-corrected chi connectivity index (χ2v) is 9.52. The number of ether oxygens (including phenoxy) is 2. The number of carbonyl (C=O) groups is 1. The lowest BCUT2D eigenvalue weighted by Gasteiger charge is -2.22. The number of benzene rings is 2. The first-order valence-electron chi connectivity index (χ1n) is 9.97. The van der Waals surface area contributed by atoms with E-state index in [0.717, 1.165) is 0 Å². The van der Waals surface area contributed by atoms with E-state index in [9.17, 15) is 13.2 Å². The van der Waals surface area contributed by atoms with E-state index in [2.05, 4.69) is 15.5 Å². The monoisotopic (exact) mass is 492 g/mol. The molecule has 1 atom stereocenters. The number of methoxy groups -OCH3 is 2. The first kappa shape index (κ1) is 23.0. The number of hydrogen-bond acceptors (Lipinski definition) is 8. The molecule has 174 valence electrons. The van der Waals surface area contributed by atoms with Crippen molar-refractivity contribution in [2.24, 2.45) is 0 Å². The van der Waals surface area contributed by atoms with Crippen molar-refractivity contribution in [2.45, 2.75) is 23.8 Å². The number of nitrogens with one attached hydrogen (secondary N) is 1. The normalized spacial score (nSPS) is 16.5. The maximum absolute atomic E-state index is 13.1. The first-order chi connectivity index (χ1) is 15.8. The molecule has 0 radical (unpaired) electrons. The van der Waals surface area contributed by atoms with E-state index in [1.807, 2.05) is 0 Å². The molecule has 3 aromatic rings. The lowest BCUT2D eigenvalue weighted by atomic mass is 10.2. The van der Waals surface area contributed by atoms with Crippen molar-refractivity contribution in [3.05, 3.63) is 47.5 Å². The van der Waals surface area contributed by atoms with E-state index in [1.54, 1.807) is 18.2 Å². The molecular weight excluding hydrogens is 472 g/mol. The number of halogens is 1. The summed E-state index contributed by atoms with van der Waals surface area (Å²) in [7, 11) is -0.847. The van der Waals surface area contributed by atoms with Gasteiger partial charge in [0.2, 0.25) is 15.9 Å². The van der Waals surface area contributed by atoms with Crippen LogP contribution >= 0.6 is 11.6 Å². The van der Waals surface area contributed by atoms with E-state index in [4.69, 9.17) is 25.5 Å². The van der Waals surface area contributed by atoms with Crippen LogP contribution in [-0.2, 0) is 14.8 Å². The van der Waals surface area contributed by atoms with Gasteiger partial charge in [0, 0.05) is 17.6 Å². The van der Waals surface area contributed by atoms with E-state index >= 15 is 0 Å².